The second kappa shape index (κ2) is 8.97. The number of nitrogens with two attached hydrogens (primary N) is 1. The van der Waals surface area contributed by atoms with Gasteiger partial charge < -0.3 is 11.1 Å². The van der Waals surface area contributed by atoms with E-state index >= 15 is 0 Å². The fraction of sp³-hybridized carbons (Fsp3) is 0.350. The largest absolute Gasteiger partial charge is 0.404 e. The summed E-state index contributed by atoms with van der Waals surface area (Å²) in [6, 6.07) is 12.5. The highest BCUT2D eigenvalue weighted by molar-refractivity contribution is 6.08. The van der Waals surface area contributed by atoms with Crippen LogP contribution < -0.4 is 11.1 Å². The number of aromatic nitrogens is 2. The maximum atomic E-state index is 5.78. The highest BCUT2D eigenvalue weighted by atomic mass is 15.1. The van der Waals surface area contributed by atoms with E-state index in [2.05, 4.69) is 32.4 Å². The van der Waals surface area contributed by atoms with Crippen molar-refractivity contribution in [2.24, 2.45) is 10.7 Å². The quantitative estimate of drug-likeness (QED) is 0.787. The van der Waals surface area contributed by atoms with Gasteiger partial charge >= 0.3 is 0 Å². The molecule has 1 aliphatic carbocycles. The summed E-state index contributed by atoms with van der Waals surface area (Å²) < 4.78 is 0. The molecule has 1 aromatic carbocycles. The second-order valence-electron chi connectivity index (χ2n) is 6.32. The van der Waals surface area contributed by atoms with Crippen LogP contribution in [-0.2, 0) is 6.54 Å². The monoisotopic (exact) mass is 335 g/mol. The third kappa shape index (κ3) is 5.14. The summed E-state index contributed by atoms with van der Waals surface area (Å²) in [6.07, 6.45) is 11.3. The lowest BCUT2D eigenvalue weighted by atomic mass is 9.96. The van der Waals surface area contributed by atoms with Crippen molar-refractivity contribution in [1.82, 2.24) is 9.97 Å². The third-order valence-corrected chi connectivity index (χ3v) is 4.42. The average Bonchev–Trinajstić information content (AvgIpc) is 2.67. The molecule has 0 spiro atoms. The Morgan fingerprint density at radius 1 is 1.16 bits per heavy atom. The van der Waals surface area contributed by atoms with E-state index < -0.39 is 0 Å². The Morgan fingerprint density at radius 3 is 2.72 bits per heavy atom. The topological polar surface area (TPSA) is 76.2 Å². The Hall–Kier alpha value is -2.69. The molecule has 130 valence electrons. The standard InChI is InChI=1S/C20H25N5/c21-13-17(15-22-14-16-7-3-1-4-8-16)19-11-12-23-20(25-19)24-18-9-5-2-6-10-18/h1,3-4,7-8,11-13,15,18H,2,5-6,9-10,14,21H2,(H,23,24,25). The van der Waals surface area contributed by atoms with Crippen LogP contribution in [0.4, 0.5) is 5.95 Å². The number of hydrogen-bond acceptors (Lipinski definition) is 5. The van der Waals surface area contributed by atoms with Gasteiger partial charge in [-0.15, -0.1) is 0 Å². The number of allylic oxidation sites excluding steroid dienone is 1. The number of anilines is 1. The summed E-state index contributed by atoms with van der Waals surface area (Å²) >= 11 is 0. The summed E-state index contributed by atoms with van der Waals surface area (Å²) in [7, 11) is 0. The molecule has 0 bridgehead atoms. The molecule has 0 unspecified atom stereocenters. The van der Waals surface area contributed by atoms with Gasteiger partial charge in [0, 0.05) is 30.2 Å². The van der Waals surface area contributed by atoms with Gasteiger partial charge in [0.1, 0.15) is 0 Å². The predicted octanol–water partition coefficient (Wildman–Crippen LogP) is 3.79. The first-order chi connectivity index (χ1) is 12.3. The van der Waals surface area contributed by atoms with Crippen LogP contribution in [0.2, 0.25) is 0 Å². The molecule has 0 atom stereocenters. The molecule has 0 saturated heterocycles. The van der Waals surface area contributed by atoms with Gasteiger partial charge in [-0.05, 0) is 24.5 Å². The lowest BCUT2D eigenvalue weighted by Gasteiger charge is -2.22. The Morgan fingerprint density at radius 2 is 1.96 bits per heavy atom. The van der Waals surface area contributed by atoms with E-state index in [0.29, 0.717) is 18.5 Å². The van der Waals surface area contributed by atoms with E-state index in [0.717, 1.165) is 16.8 Å². The fourth-order valence-electron chi connectivity index (χ4n) is 3.05. The molecular formula is C20H25N5. The lowest BCUT2D eigenvalue weighted by molar-refractivity contribution is 0.461. The lowest BCUT2D eigenvalue weighted by Crippen LogP contribution is -2.23. The summed E-state index contributed by atoms with van der Waals surface area (Å²) in [5.74, 6) is 0.667. The number of nitrogens with zero attached hydrogens (tertiary/aromatic N) is 3. The molecule has 0 amide bonds. The first-order valence-corrected chi connectivity index (χ1v) is 8.91. The minimum absolute atomic E-state index is 0.473. The molecule has 3 rings (SSSR count). The summed E-state index contributed by atoms with van der Waals surface area (Å²) in [5, 5.41) is 3.45. The summed E-state index contributed by atoms with van der Waals surface area (Å²) in [5.41, 5.74) is 8.53. The zero-order valence-electron chi connectivity index (χ0n) is 14.4. The Labute approximate surface area is 149 Å². The van der Waals surface area contributed by atoms with Crippen LogP contribution in [-0.4, -0.2) is 22.2 Å². The maximum Gasteiger partial charge on any atom is 0.223 e. The minimum Gasteiger partial charge on any atom is -0.404 e. The van der Waals surface area contributed by atoms with Crippen molar-refractivity contribution in [2.75, 3.05) is 5.32 Å². The molecule has 3 N–H and O–H groups in total. The van der Waals surface area contributed by atoms with Gasteiger partial charge in [-0.3, -0.25) is 4.99 Å². The SMILES string of the molecule is NC=C(C=NCc1ccccc1)c1ccnc(NC2CCCCC2)n1. The number of aliphatic imine (C=N–C) groups is 1. The van der Waals surface area contributed by atoms with Crippen LogP contribution in [0.25, 0.3) is 5.57 Å². The molecule has 1 heterocycles. The molecule has 0 radical (unpaired) electrons. The molecule has 2 aromatic rings. The number of nitrogens with one attached hydrogen (secondary N) is 1. The molecule has 1 fully saturated rings. The first-order valence-electron chi connectivity index (χ1n) is 8.91. The van der Waals surface area contributed by atoms with E-state index in [1.165, 1.54) is 32.1 Å². The smallest absolute Gasteiger partial charge is 0.223 e. The van der Waals surface area contributed by atoms with Gasteiger partial charge in [0.15, 0.2) is 0 Å². The van der Waals surface area contributed by atoms with E-state index in [1.807, 2.05) is 24.3 Å². The van der Waals surface area contributed by atoms with Crippen molar-refractivity contribution in [3.63, 3.8) is 0 Å². The zero-order chi connectivity index (χ0) is 17.3. The van der Waals surface area contributed by atoms with Gasteiger partial charge in [-0.2, -0.15) is 0 Å². The van der Waals surface area contributed by atoms with Gasteiger partial charge in [0.05, 0.1) is 12.2 Å². The van der Waals surface area contributed by atoms with Crippen LogP contribution in [0.1, 0.15) is 43.4 Å². The molecule has 1 aliphatic rings. The Kier molecular flexibility index (Phi) is 6.15. The molecular weight excluding hydrogens is 310 g/mol. The van der Waals surface area contributed by atoms with Crippen LogP contribution in [0.3, 0.4) is 0 Å². The van der Waals surface area contributed by atoms with Gasteiger partial charge in [0.2, 0.25) is 5.95 Å². The molecule has 5 heteroatoms. The maximum absolute atomic E-state index is 5.78. The van der Waals surface area contributed by atoms with Crippen molar-refractivity contribution in [3.8, 4) is 0 Å². The number of hydrogen-bond donors (Lipinski definition) is 2. The Balaban J connectivity index is 1.65. The van der Waals surface area contributed by atoms with Crippen molar-refractivity contribution >= 4 is 17.7 Å². The van der Waals surface area contributed by atoms with Gasteiger partial charge in [0.25, 0.3) is 0 Å². The summed E-state index contributed by atoms with van der Waals surface area (Å²) in [6.45, 7) is 0.621. The molecule has 1 aromatic heterocycles. The Bertz CT molecular complexity index is 718. The normalized spacial score (nSPS) is 16.2. The summed E-state index contributed by atoms with van der Waals surface area (Å²) in [4.78, 5) is 13.4. The average molecular weight is 335 g/mol. The van der Waals surface area contributed by atoms with Crippen LogP contribution in [0.5, 0.6) is 0 Å². The highest BCUT2D eigenvalue weighted by Gasteiger charge is 2.14. The van der Waals surface area contributed by atoms with E-state index in [-0.39, 0.29) is 0 Å². The van der Waals surface area contributed by atoms with Gasteiger partial charge in [-0.1, -0.05) is 49.6 Å². The van der Waals surface area contributed by atoms with Crippen molar-refractivity contribution < 1.29 is 0 Å². The van der Waals surface area contributed by atoms with E-state index in [4.69, 9.17) is 5.73 Å². The second-order valence-corrected chi connectivity index (χ2v) is 6.32. The van der Waals surface area contributed by atoms with E-state index in [9.17, 15) is 0 Å². The van der Waals surface area contributed by atoms with E-state index in [1.54, 1.807) is 18.6 Å². The van der Waals surface area contributed by atoms with Crippen molar-refractivity contribution in [3.05, 3.63) is 60.1 Å². The zero-order valence-corrected chi connectivity index (χ0v) is 14.4. The molecule has 0 aliphatic heterocycles. The molecule has 25 heavy (non-hydrogen) atoms. The van der Waals surface area contributed by atoms with Crippen molar-refractivity contribution in [1.29, 1.82) is 0 Å². The molecule has 1 saturated carbocycles. The number of rotatable bonds is 6. The molecule has 5 nitrogen and oxygen atoms in total. The van der Waals surface area contributed by atoms with Crippen LogP contribution in [0.15, 0.2) is 53.8 Å². The number of benzene rings is 1. The highest BCUT2D eigenvalue weighted by Crippen LogP contribution is 2.20. The third-order valence-electron chi connectivity index (χ3n) is 4.42. The fourth-order valence-corrected chi connectivity index (χ4v) is 3.05. The van der Waals surface area contributed by atoms with Crippen molar-refractivity contribution in [2.45, 2.75) is 44.7 Å². The van der Waals surface area contributed by atoms with Crippen LogP contribution >= 0.6 is 0 Å². The minimum atomic E-state index is 0.473. The predicted molar refractivity (Wildman–Crippen MR) is 103 cm³/mol. The van der Waals surface area contributed by atoms with Gasteiger partial charge in [-0.25, -0.2) is 9.97 Å². The van der Waals surface area contributed by atoms with Crippen LogP contribution in [0, 0.1) is 0 Å². The first kappa shape index (κ1) is 17.1.